The van der Waals surface area contributed by atoms with Crippen LogP contribution in [0.4, 0.5) is 5.95 Å². The molecule has 7 nitrogen and oxygen atoms in total. The van der Waals surface area contributed by atoms with E-state index in [1.165, 1.54) is 14.2 Å². The van der Waals surface area contributed by atoms with Gasteiger partial charge in [0, 0.05) is 21.5 Å². The van der Waals surface area contributed by atoms with Crippen molar-refractivity contribution in [3.05, 3.63) is 51.3 Å². The van der Waals surface area contributed by atoms with Crippen LogP contribution in [0.2, 0.25) is 5.02 Å². The van der Waals surface area contributed by atoms with Crippen LogP contribution < -0.4 is 20.3 Å². The van der Waals surface area contributed by atoms with Crippen molar-refractivity contribution >= 4 is 28.5 Å². The molecule has 0 fully saturated rings. The first-order chi connectivity index (χ1) is 12.0. The molecule has 3 aromatic rings. The molecule has 0 aliphatic carbocycles. The first kappa shape index (κ1) is 17.0. The standard InChI is InChI=1S/C17H17ClN4O3/c1-9(19-17-21-14(24-2)8-15(22-17)25-3)12-7-10-6-11(18)4-5-13(10)20-16(12)23/h4-9H,1-3H3,(H,20,23)(H,19,21,22)/t9-/m0/s1. The molecular weight excluding hydrogens is 344 g/mol. The van der Waals surface area contributed by atoms with Gasteiger partial charge in [0.15, 0.2) is 0 Å². The number of nitrogens with one attached hydrogen (secondary N) is 2. The highest BCUT2D eigenvalue weighted by Gasteiger charge is 2.14. The van der Waals surface area contributed by atoms with Crippen LogP contribution in [0.5, 0.6) is 11.8 Å². The van der Waals surface area contributed by atoms with E-state index in [1.807, 2.05) is 6.92 Å². The number of nitrogens with zero attached hydrogens (tertiary/aromatic N) is 2. The first-order valence-electron chi connectivity index (χ1n) is 7.56. The Bertz CT molecular complexity index is 952. The number of aromatic amines is 1. The minimum Gasteiger partial charge on any atom is -0.481 e. The van der Waals surface area contributed by atoms with Crippen molar-refractivity contribution in [1.82, 2.24) is 15.0 Å². The maximum atomic E-state index is 12.4. The number of fused-ring (bicyclic) bond motifs is 1. The zero-order chi connectivity index (χ0) is 18.0. The minimum atomic E-state index is -0.344. The molecule has 0 aliphatic rings. The molecule has 3 rings (SSSR count). The van der Waals surface area contributed by atoms with Gasteiger partial charge in [-0.15, -0.1) is 0 Å². The topological polar surface area (TPSA) is 89.1 Å². The van der Waals surface area contributed by atoms with Gasteiger partial charge in [-0.1, -0.05) is 11.6 Å². The Morgan fingerprint density at radius 2 is 1.80 bits per heavy atom. The van der Waals surface area contributed by atoms with Gasteiger partial charge in [-0.3, -0.25) is 4.79 Å². The van der Waals surface area contributed by atoms with E-state index < -0.39 is 0 Å². The number of methoxy groups -OCH3 is 2. The summed E-state index contributed by atoms with van der Waals surface area (Å²) in [5.41, 5.74) is 1.08. The largest absolute Gasteiger partial charge is 0.481 e. The molecule has 2 aromatic heterocycles. The van der Waals surface area contributed by atoms with Crippen molar-refractivity contribution in [2.24, 2.45) is 0 Å². The summed E-state index contributed by atoms with van der Waals surface area (Å²) in [6.07, 6.45) is 0. The molecule has 1 aromatic carbocycles. The maximum absolute atomic E-state index is 12.4. The van der Waals surface area contributed by atoms with Gasteiger partial charge in [-0.05, 0) is 31.2 Å². The van der Waals surface area contributed by atoms with E-state index in [2.05, 4.69) is 20.3 Å². The molecule has 1 atom stereocenters. The van der Waals surface area contributed by atoms with Crippen LogP contribution in [0.15, 0.2) is 35.1 Å². The van der Waals surface area contributed by atoms with Crippen molar-refractivity contribution in [3.63, 3.8) is 0 Å². The number of ether oxygens (including phenoxy) is 2. The van der Waals surface area contributed by atoms with E-state index in [4.69, 9.17) is 21.1 Å². The molecule has 25 heavy (non-hydrogen) atoms. The van der Waals surface area contributed by atoms with Crippen molar-refractivity contribution in [1.29, 1.82) is 0 Å². The van der Waals surface area contributed by atoms with E-state index in [1.54, 1.807) is 30.3 Å². The molecule has 0 bridgehead atoms. The Hall–Kier alpha value is -2.80. The van der Waals surface area contributed by atoms with E-state index in [-0.39, 0.29) is 11.6 Å². The Kier molecular flexibility index (Phi) is 4.76. The third-order valence-electron chi connectivity index (χ3n) is 3.74. The second-order valence-corrected chi connectivity index (χ2v) is 5.86. The van der Waals surface area contributed by atoms with Crippen LogP contribution in [-0.4, -0.2) is 29.2 Å². The molecule has 0 unspecified atom stereocenters. The predicted octanol–water partition coefficient (Wildman–Crippen LogP) is 3.16. The molecule has 2 heterocycles. The highest BCUT2D eigenvalue weighted by atomic mass is 35.5. The lowest BCUT2D eigenvalue weighted by molar-refractivity contribution is 0.372. The summed E-state index contributed by atoms with van der Waals surface area (Å²) in [7, 11) is 3.01. The Balaban J connectivity index is 1.95. The van der Waals surface area contributed by atoms with E-state index in [9.17, 15) is 4.79 Å². The lowest BCUT2D eigenvalue weighted by atomic mass is 10.1. The fraction of sp³-hybridized carbons (Fsp3) is 0.235. The third-order valence-corrected chi connectivity index (χ3v) is 3.98. The molecule has 0 saturated heterocycles. The van der Waals surface area contributed by atoms with Crippen LogP contribution >= 0.6 is 11.6 Å². The zero-order valence-corrected chi connectivity index (χ0v) is 14.7. The summed E-state index contributed by atoms with van der Waals surface area (Å²) < 4.78 is 10.3. The number of H-pyrrole nitrogens is 1. The number of rotatable bonds is 5. The third kappa shape index (κ3) is 3.66. The summed E-state index contributed by atoms with van der Waals surface area (Å²) in [6.45, 7) is 1.84. The molecule has 0 radical (unpaired) electrons. The summed E-state index contributed by atoms with van der Waals surface area (Å²) >= 11 is 6.03. The van der Waals surface area contributed by atoms with Crippen LogP contribution in [0, 0.1) is 0 Å². The molecule has 130 valence electrons. The van der Waals surface area contributed by atoms with Gasteiger partial charge < -0.3 is 19.8 Å². The number of pyridine rings is 1. The monoisotopic (exact) mass is 360 g/mol. The van der Waals surface area contributed by atoms with Gasteiger partial charge >= 0.3 is 0 Å². The highest BCUT2D eigenvalue weighted by Crippen LogP contribution is 2.23. The lowest BCUT2D eigenvalue weighted by Gasteiger charge is -2.15. The molecular formula is C17H17ClN4O3. The van der Waals surface area contributed by atoms with Gasteiger partial charge in [0.25, 0.3) is 5.56 Å². The first-order valence-corrected chi connectivity index (χ1v) is 7.94. The minimum absolute atomic E-state index is 0.190. The fourth-order valence-electron chi connectivity index (χ4n) is 2.47. The van der Waals surface area contributed by atoms with Gasteiger partial charge in [0.2, 0.25) is 17.7 Å². The average Bonchev–Trinajstić information content (AvgIpc) is 2.60. The average molecular weight is 361 g/mol. The predicted molar refractivity (Wildman–Crippen MR) is 96.8 cm³/mol. The number of aromatic nitrogens is 3. The number of anilines is 1. The van der Waals surface area contributed by atoms with Gasteiger partial charge in [0.1, 0.15) is 0 Å². The van der Waals surface area contributed by atoms with E-state index >= 15 is 0 Å². The summed E-state index contributed by atoms with van der Waals surface area (Å²) in [5, 5.41) is 4.54. The number of halogens is 1. The van der Waals surface area contributed by atoms with Crippen molar-refractivity contribution in [2.45, 2.75) is 13.0 Å². The number of hydrogen-bond acceptors (Lipinski definition) is 6. The second-order valence-electron chi connectivity index (χ2n) is 5.43. The summed E-state index contributed by atoms with van der Waals surface area (Å²) in [4.78, 5) is 23.7. The second kappa shape index (κ2) is 6.98. The molecule has 0 saturated carbocycles. The molecule has 8 heteroatoms. The van der Waals surface area contributed by atoms with E-state index in [0.29, 0.717) is 28.3 Å². The normalized spacial score (nSPS) is 12.0. The van der Waals surface area contributed by atoms with Gasteiger partial charge in [-0.25, -0.2) is 0 Å². The van der Waals surface area contributed by atoms with Crippen LogP contribution in [0.25, 0.3) is 10.9 Å². The van der Waals surface area contributed by atoms with E-state index in [0.717, 1.165) is 10.9 Å². The molecule has 0 amide bonds. The smallest absolute Gasteiger partial charge is 0.253 e. The maximum Gasteiger partial charge on any atom is 0.253 e. The number of benzene rings is 1. The molecule has 2 N–H and O–H groups in total. The highest BCUT2D eigenvalue weighted by molar-refractivity contribution is 6.31. The molecule has 0 aliphatic heterocycles. The Labute approximate surface area is 149 Å². The quantitative estimate of drug-likeness (QED) is 0.726. The fourth-order valence-corrected chi connectivity index (χ4v) is 2.65. The van der Waals surface area contributed by atoms with Crippen molar-refractivity contribution in [2.75, 3.05) is 19.5 Å². The summed E-state index contributed by atoms with van der Waals surface area (Å²) in [6, 6.07) is 8.34. The lowest BCUT2D eigenvalue weighted by Crippen LogP contribution is -2.20. The van der Waals surface area contributed by atoms with Gasteiger partial charge in [-0.2, -0.15) is 9.97 Å². The van der Waals surface area contributed by atoms with Crippen LogP contribution in [0.1, 0.15) is 18.5 Å². The Morgan fingerprint density at radius 1 is 1.12 bits per heavy atom. The zero-order valence-electron chi connectivity index (χ0n) is 14.0. The van der Waals surface area contributed by atoms with Crippen LogP contribution in [-0.2, 0) is 0 Å². The van der Waals surface area contributed by atoms with Gasteiger partial charge in [0.05, 0.1) is 26.3 Å². The van der Waals surface area contributed by atoms with Crippen LogP contribution in [0.3, 0.4) is 0 Å². The Morgan fingerprint density at radius 3 is 2.44 bits per heavy atom. The SMILES string of the molecule is COc1cc(OC)nc(N[C@@H](C)c2cc3cc(Cl)ccc3[nH]c2=O)n1. The molecule has 0 spiro atoms. The summed E-state index contributed by atoms with van der Waals surface area (Å²) in [5.74, 6) is 1.02. The van der Waals surface area contributed by atoms with Crippen molar-refractivity contribution in [3.8, 4) is 11.8 Å². The van der Waals surface area contributed by atoms with Crippen molar-refractivity contribution < 1.29 is 9.47 Å². The number of hydrogen-bond donors (Lipinski definition) is 2.